The SMILES string of the molecule is Cc1ccc(F)cc1NCc1ccccc1OC(C)C. The molecule has 0 aliphatic rings. The maximum absolute atomic E-state index is 13.3. The normalized spacial score (nSPS) is 10.7. The Morgan fingerprint density at radius 3 is 2.65 bits per heavy atom. The minimum absolute atomic E-state index is 0.132. The summed E-state index contributed by atoms with van der Waals surface area (Å²) in [6, 6.07) is 12.7. The van der Waals surface area contributed by atoms with Gasteiger partial charge < -0.3 is 10.1 Å². The van der Waals surface area contributed by atoms with Crippen LogP contribution in [0.25, 0.3) is 0 Å². The van der Waals surface area contributed by atoms with Gasteiger partial charge >= 0.3 is 0 Å². The van der Waals surface area contributed by atoms with Crippen molar-refractivity contribution in [1.82, 2.24) is 0 Å². The molecular formula is C17H20FNO. The lowest BCUT2D eigenvalue weighted by Crippen LogP contribution is -2.09. The first-order valence-corrected chi connectivity index (χ1v) is 6.81. The van der Waals surface area contributed by atoms with Crippen LogP contribution in [0.2, 0.25) is 0 Å². The van der Waals surface area contributed by atoms with Crippen LogP contribution in [0.1, 0.15) is 25.0 Å². The van der Waals surface area contributed by atoms with Gasteiger partial charge in [0, 0.05) is 17.8 Å². The van der Waals surface area contributed by atoms with E-state index in [-0.39, 0.29) is 11.9 Å². The van der Waals surface area contributed by atoms with E-state index in [1.54, 1.807) is 6.07 Å². The van der Waals surface area contributed by atoms with Crippen LogP contribution in [0.5, 0.6) is 5.75 Å². The number of rotatable bonds is 5. The van der Waals surface area contributed by atoms with Gasteiger partial charge in [-0.1, -0.05) is 24.3 Å². The second-order valence-corrected chi connectivity index (χ2v) is 5.09. The lowest BCUT2D eigenvalue weighted by atomic mass is 10.1. The Morgan fingerprint density at radius 2 is 1.90 bits per heavy atom. The quantitative estimate of drug-likeness (QED) is 0.864. The van der Waals surface area contributed by atoms with E-state index in [4.69, 9.17) is 4.74 Å². The summed E-state index contributed by atoms with van der Waals surface area (Å²) in [7, 11) is 0. The molecule has 0 saturated heterocycles. The van der Waals surface area contributed by atoms with Crippen molar-refractivity contribution >= 4 is 5.69 Å². The van der Waals surface area contributed by atoms with E-state index in [1.165, 1.54) is 12.1 Å². The predicted molar refractivity (Wildman–Crippen MR) is 80.7 cm³/mol. The van der Waals surface area contributed by atoms with Gasteiger partial charge in [0.1, 0.15) is 11.6 Å². The molecule has 0 bridgehead atoms. The predicted octanol–water partition coefficient (Wildman–Crippen LogP) is 4.53. The van der Waals surface area contributed by atoms with Crippen LogP contribution in [0, 0.1) is 12.7 Å². The van der Waals surface area contributed by atoms with E-state index in [2.05, 4.69) is 5.32 Å². The van der Waals surface area contributed by atoms with Gasteiger partial charge in [-0.3, -0.25) is 0 Å². The summed E-state index contributed by atoms with van der Waals surface area (Å²) in [5.41, 5.74) is 2.89. The number of anilines is 1. The minimum Gasteiger partial charge on any atom is -0.491 e. The highest BCUT2D eigenvalue weighted by Gasteiger charge is 2.06. The molecule has 0 unspecified atom stereocenters. The lowest BCUT2D eigenvalue weighted by molar-refractivity contribution is 0.240. The number of hydrogen-bond acceptors (Lipinski definition) is 2. The highest BCUT2D eigenvalue weighted by atomic mass is 19.1. The first-order valence-electron chi connectivity index (χ1n) is 6.81. The summed E-state index contributed by atoms with van der Waals surface area (Å²) in [6.07, 6.45) is 0.132. The number of ether oxygens (including phenoxy) is 1. The van der Waals surface area contributed by atoms with E-state index in [0.717, 1.165) is 22.6 Å². The zero-order chi connectivity index (χ0) is 14.5. The largest absolute Gasteiger partial charge is 0.491 e. The van der Waals surface area contributed by atoms with Crippen molar-refractivity contribution in [3.8, 4) is 5.75 Å². The van der Waals surface area contributed by atoms with Crippen LogP contribution in [-0.4, -0.2) is 6.10 Å². The van der Waals surface area contributed by atoms with Gasteiger partial charge in [0.25, 0.3) is 0 Å². The molecule has 0 atom stereocenters. The Labute approximate surface area is 119 Å². The van der Waals surface area contributed by atoms with Crippen molar-refractivity contribution in [1.29, 1.82) is 0 Å². The van der Waals surface area contributed by atoms with Gasteiger partial charge in [-0.25, -0.2) is 4.39 Å². The Morgan fingerprint density at radius 1 is 1.15 bits per heavy atom. The summed E-state index contributed by atoms with van der Waals surface area (Å²) >= 11 is 0. The molecular weight excluding hydrogens is 253 g/mol. The minimum atomic E-state index is -0.232. The molecule has 3 heteroatoms. The van der Waals surface area contributed by atoms with Gasteiger partial charge in [0.15, 0.2) is 0 Å². The van der Waals surface area contributed by atoms with Gasteiger partial charge in [0.2, 0.25) is 0 Å². The first-order chi connectivity index (χ1) is 9.56. The Kier molecular flexibility index (Phi) is 4.61. The van der Waals surface area contributed by atoms with E-state index in [0.29, 0.717) is 6.54 Å². The van der Waals surface area contributed by atoms with Crippen molar-refractivity contribution in [2.75, 3.05) is 5.32 Å². The smallest absolute Gasteiger partial charge is 0.125 e. The average molecular weight is 273 g/mol. The molecule has 0 heterocycles. The van der Waals surface area contributed by atoms with Crippen molar-refractivity contribution in [3.05, 3.63) is 59.4 Å². The zero-order valence-corrected chi connectivity index (χ0v) is 12.1. The Balaban J connectivity index is 2.12. The van der Waals surface area contributed by atoms with E-state index < -0.39 is 0 Å². The van der Waals surface area contributed by atoms with Gasteiger partial charge in [-0.2, -0.15) is 0 Å². The van der Waals surface area contributed by atoms with E-state index in [9.17, 15) is 4.39 Å². The van der Waals surface area contributed by atoms with Crippen LogP contribution in [0.15, 0.2) is 42.5 Å². The molecule has 2 aromatic carbocycles. The molecule has 0 saturated carbocycles. The van der Waals surface area contributed by atoms with E-state index >= 15 is 0 Å². The molecule has 2 rings (SSSR count). The Hall–Kier alpha value is -2.03. The van der Waals surface area contributed by atoms with Crippen LogP contribution < -0.4 is 10.1 Å². The standard InChI is InChI=1S/C17H20FNO/c1-12(2)20-17-7-5-4-6-14(17)11-19-16-10-15(18)9-8-13(16)3/h4-10,12,19H,11H2,1-3H3. The average Bonchev–Trinajstić information content (AvgIpc) is 2.41. The molecule has 1 N–H and O–H groups in total. The third kappa shape index (κ3) is 3.73. The number of aryl methyl sites for hydroxylation is 1. The number of benzene rings is 2. The molecule has 0 aliphatic heterocycles. The first kappa shape index (κ1) is 14.4. The maximum Gasteiger partial charge on any atom is 0.125 e. The summed E-state index contributed by atoms with van der Waals surface area (Å²) in [5.74, 6) is 0.633. The van der Waals surface area contributed by atoms with Crippen LogP contribution in [0.4, 0.5) is 10.1 Å². The number of nitrogens with one attached hydrogen (secondary N) is 1. The van der Waals surface area contributed by atoms with Crippen molar-refractivity contribution < 1.29 is 9.13 Å². The molecule has 0 aromatic heterocycles. The molecule has 20 heavy (non-hydrogen) atoms. The fraction of sp³-hybridized carbons (Fsp3) is 0.294. The monoisotopic (exact) mass is 273 g/mol. The third-order valence-electron chi connectivity index (χ3n) is 3.00. The highest BCUT2D eigenvalue weighted by molar-refractivity contribution is 5.51. The van der Waals surface area contributed by atoms with E-state index in [1.807, 2.05) is 45.0 Å². The maximum atomic E-state index is 13.3. The summed E-state index contributed by atoms with van der Waals surface area (Å²) in [5, 5.41) is 3.26. The molecule has 0 spiro atoms. The van der Waals surface area contributed by atoms with Gasteiger partial charge in [-0.15, -0.1) is 0 Å². The number of hydrogen-bond donors (Lipinski definition) is 1. The van der Waals surface area contributed by atoms with Crippen molar-refractivity contribution in [2.24, 2.45) is 0 Å². The lowest BCUT2D eigenvalue weighted by Gasteiger charge is -2.15. The molecule has 0 fully saturated rings. The number of halogens is 1. The summed E-state index contributed by atoms with van der Waals surface area (Å²) in [6.45, 7) is 6.56. The second kappa shape index (κ2) is 6.42. The highest BCUT2D eigenvalue weighted by Crippen LogP contribution is 2.22. The molecule has 2 nitrogen and oxygen atoms in total. The van der Waals surface area contributed by atoms with Crippen molar-refractivity contribution in [3.63, 3.8) is 0 Å². The third-order valence-corrected chi connectivity index (χ3v) is 3.00. The zero-order valence-electron chi connectivity index (χ0n) is 12.1. The molecule has 0 aliphatic carbocycles. The fourth-order valence-electron chi connectivity index (χ4n) is 1.99. The van der Waals surface area contributed by atoms with Crippen LogP contribution >= 0.6 is 0 Å². The molecule has 106 valence electrons. The van der Waals surface area contributed by atoms with Gasteiger partial charge in [0.05, 0.1) is 6.10 Å². The topological polar surface area (TPSA) is 21.3 Å². The molecule has 0 radical (unpaired) electrons. The molecule has 0 amide bonds. The second-order valence-electron chi connectivity index (χ2n) is 5.09. The molecule has 2 aromatic rings. The van der Waals surface area contributed by atoms with Crippen molar-refractivity contribution in [2.45, 2.75) is 33.4 Å². The van der Waals surface area contributed by atoms with Crippen LogP contribution in [0.3, 0.4) is 0 Å². The van der Waals surface area contributed by atoms with Gasteiger partial charge in [-0.05, 0) is 44.5 Å². The van der Waals surface area contributed by atoms with Crippen LogP contribution in [-0.2, 0) is 6.54 Å². The summed E-state index contributed by atoms with van der Waals surface area (Å²) < 4.78 is 19.0. The fourth-order valence-corrected chi connectivity index (χ4v) is 1.99. The Bertz CT molecular complexity index is 581. The summed E-state index contributed by atoms with van der Waals surface area (Å²) in [4.78, 5) is 0. The number of para-hydroxylation sites is 1.